The van der Waals surface area contributed by atoms with E-state index in [2.05, 4.69) is 33.6 Å². The molecule has 0 radical (unpaired) electrons. The van der Waals surface area contributed by atoms with E-state index in [1.54, 1.807) is 31.3 Å². The third-order valence-corrected chi connectivity index (χ3v) is 8.52. The van der Waals surface area contributed by atoms with Crippen molar-refractivity contribution in [2.24, 2.45) is 5.92 Å². The molecule has 0 aromatic carbocycles. The molecule has 3 aliphatic rings. The maximum absolute atomic E-state index is 12.7. The summed E-state index contributed by atoms with van der Waals surface area (Å²) in [5.74, 6) is -0.883. The Morgan fingerprint density at radius 2 is 2.00 bits per heavy atom. The zero-order chi connectivity index (χ0) is 32.8. The minimum Gasteiger partial charge on any atom is -0.459 e. The van der Waals surface area contributed by atoms with Crippen LogP contribution in [0, 0.1) is 5.92 Å². The van der Waals surface area contributed by atoms with Gasteiger partial charge in [-0.25, -0.2) is 9.78 Å². The number of allylic oxidation sites excluding steroid dienone is 2. The molecule has 5 heterocycles. The van der Waals surface area contributed by atoms with Gasteiger partial charge in [-0.15, -0.1) is 5.10 Å². The molecule has 248 valence electrons. The predicted molar refractivity (Wildman–Crippen MR) is 166 cm³/mol. The van der Waals surface area contributed by atoms with E-state index in [-0.39, 0.29) is 54.3 Å². The highest BCUT2D eigenvalue weighted by atomic mass is 16.7. The number of pyridine rings is 1. The molecule has 13 heteroatoms. The molecule has 3 aliphatic heterocycles. The largest absolute Gasteiger partial charge is 0.459 e. The number of hydrogen-bond donors (Lipinski definition) is 1. The first-order valence-corrected chi connectivity index (χ1v) is 15.8. The van der Waals surface area contributed by atoms with Crippen molar-refractivity contribution in [1.82, 2.24) is 25.5 Å². The highest BCUT2D eigenvalue weighted by Gasteiger charge is 2.51. The van der Waals surface area contributed by atoms with E-state index in [1.165, 1.54) is 13.0 Å². The first-order valence-electron chi connectivity index (χ1n) is 15.8. The number of carbonyl (C=O) groups excluding carboxylic acids is 3. The normalized spacial score (nSPS) is 30.5. The van der Waals surface area contributed by atoms with Crippen molar-refractivity contribution < 1.29 is 38.2 Å². The quantitative estimate of drug-likeness (QED) is 0.127. The summed E-state index contributed by atoms with van der Waals surface area (Å²) in [6.07, 6.45) is 12.5. The van der Waals surface area contributed by atoms with Crippen molar-refractivity contribution in [2.75, 3.05) is 6.61 Å². The Morgan fingerprint density at radius 3 is 2.76 bits per heavy atom. The molecular weight excluding hydrogens is 594 g/mol. The third-order valence-electron chi connectivity index (χ3n) is 8.52. The summed E-state index contributed by atoms with van der Waals surface area (Å²) in [7, 11) is 0. The number of esters is 1. The minimum atomic E-state index is -0.484. The summed E-state index contributed by atoms with van der Waals surface area (Å²) in [5.41, 5.74) is 1.72. The zero-order valence-electron chi connectivity index (χ0n) is 27.0. The molecule has 2 aromatic rings. The average Bonchev–Trinajstić information content (AvgIpc) is 3.61. The second-order valence-corrected chi connectivity index (χ2v) is 12.6. The van der Waals surface area contributed by atoms with Gasteiger partial charge in [0.25, 0.3) is 0 Å². The Balaban J connectivity index is 1.09. The molecule has 1 unspecified atom stereocenters. The maximum Gasteiger partial charge on any atom is 0.337 e. The number of nitrogens with one attached hydrogen (secondary N) is 1. The summed E-state index contributed by atoms with van der Waals surface area (Å²) >= 11 is 0. The van der Waals surface area contributed by atoms with Crippen LogP contribution in [0.3, 0.4) is 0 Å². The molecule has 8 atom stereocenters. The number of fused-ring (bicyclic) bond motifs is 1. The van der Waals surface area contributed by atoms with Crippen molar-refractivity contribution in [3.63, 3.8) is 0 Å². The smallest absolute Gasteiger partial charge is 0.337 e. The highest BCUT2D eigenvalue weighted by molar-refractivity contribution is 5.87. The molecule has 0 bridgehead atoms. The minimum absolute atomic E-state index is 0.0211. The molecule has 0 saturated carbocycles. The van der Waals surface area contributed by atoms with Gasteiger partial charge in [0.15, 0.2) is 0 Å². The van der Waals surface area contributed by atoms with Gasteiger partial charge in [-0.1, -0.05) is 30.7 Å². The fourth-order valence-corrected chi connectivity index (χ4v) is 6.00. The summed E-state index contributed by atoms with van der Waals surface area (Å²) in [5, 5.41) is 10.8. The van der Waals surface area contributed by atoms with Crippen LogP contribution in [0.5, 0.6) is 0 Å². The molecule has 1 N–H and O–H groups in total. The van der Waals surface area contributed by atoms with Gasteiger partial charge in [-0.2, -0.15) is 0 Å². The van der Waals surface area contributed by atoms with E-state index < -0.39 is 18.0 Å². The van der Waals surface area contributed by atoms with Gasteiger partial charge in [-0.3, -0.25) is 9.59 Å². The molecule has 1 amide bonds. The van der Waals surface area contributed by atoms with E-state index in [9.17, 15) is 14.4 Å². The van der Waals surface area contributed by atoms with Crippen LogP contribution >= 0.6 is 0 Å². The molecule has 1 spiro atoms. The SMILES string of the molecule is CC(=O)OC(C)C=CC(=O)N[C@@H]1C[C@H](C)[C@H](C/C=C(C)/C=C/[C@@H]2C[C@]3(CO3)C[C@@H](CC(=O)On3nnc4cccnc43)O2)O[C@@H]1C. The van der Waals surface area contributed by atoms with Gasteiger partial charge < -0.3 is 29.1 Å². The van der Waals surface area contributed by atoms with Gasteiger partial charge in [-0.05, 0) is 67.8 Å². The fourth-order valence-electron chi connectivity index (χ4n) is 6.00. The second kappa shape index (κ2) is 14.7. The van der Waals surface area contributed by atoms with Crippen LogP contribution in [0.2, 0.25) is 0 Å². The number of hydrogen-bond acceptors (Lipinski definition) is 11. The first kappa shape index (κ1) is 33.4. The van der Waals surface area contributed by atoms with Crippen molar-refractivity contribution in [3.8, 4) is 0 Å². The predicted octanol–water partition coefficient (Wildman–Crippen LogP) is 3.19. The number of carbonyl (C=O) groups is 3. The van der Waals surface area contributed by atoms with E-state index in [0.717, 1.165) is 29.7 Å². The van der Waals surface area contributed by atoms with E-state index >= 15 is 0 Å². The monoisotopic (exact) mass is 637 g/mol. The van der Waals surface area contributed by atoms with Crippen molar-refractivity contribution in [2.45, 2.75) is 109 Å². The number of aromatic nitrogens is 4. The Labute approximate surface area is 268 Å². The summed E-state index contributed by atoms with van der Waals surface area (Å²) in [6.45, 7) is 9.83. The number of ether oxygens (including phenoxy) is 4. The van der Waals surface area contributed by atoms with Gasteiger partial charge >= 0.3 is 11.9 Å². The summed E-state index contributed by atoms with van der Waals surface area (Å²) < 4.78 is 23.4. The molecule has 3 fully saturated rings. The van der Waals surface area contributed by atoms with Crippen LogP contribution in [0.25, 0.3) is 11.2 Å². The lowest BCUT2D eigenvalue weighted by Crippen LogP contribution is -2.50. The first-order chi connectivity index (χ1) is 22.0. The Hall–Kier alpha value is -3.94. The van der Waals surface area contributed by atoms with Gasteiger partial charge in [0, 0.05) is 32.0 Å². The van der Waals surface area contributed by atoms with Crippen LogP contribution in [0.4, 0.5) is 0 Å². The number of nitrogens with zero attached hydrogens (tertiary/aromatic N) is 4. The van der Waals surface area contributed by atoms with Crippen molar-refractivity contribution in [1.29, 1.82) is 0 Å². The molecule has 46 heavy (non-hydrogen) atoms. The number of epoxide rings is 1. The van der Waals surface area contributed by atoms with Gasteiger partial charge in [0.05, 0.1) is 49.1 Å². The third kappa shape index (κ3) is 9.08. The molecule has 3 saturated heterocycles. The Bertz CT molecular complexity index is 1500. The van der Waals surface area contributed by atoms with E-state index in [0.29, 0.717) is 24.2 Å². The maximum atomic E-state index is 12.7. The fraction of sp³-hybridized carbons (Fsp3) is 0.576. The van der Waals surface area contributed by atoms with Crippen LogP contribution in [-0.2, 0) is 33.3 Å². The lowest BCUT2D eigenvalue weighted by Gasteiger charge is -2.39. The van der Waals surface area contributed by atoms with Crippen LogP contribution in [-0.4, -0.2) is 86.8 Å². The van der Waals surface area contributed by atoms with Crippen LogP contribution in [0.15, 0.2) is 54.3 Å². The lowest BCUT2D eigenvalue weighted by molar-refractivity contribution is -0.152. The van der Waals surface area contributed by atoms with Gasteiger partial charge in [0.1, 0.15) is 11.6 Å². The number of amides is 1. The topological polar surface area (TPSA) is 156 Å². The van der Waals surface area contributed by atoms with Crippen LogP contribution < -0.4 is 10.2 Å². The van der Waals surface area contributed by atoms with Crippen LogP contribution in [0.1, 0.15) is 66.7 Å². The van der Waals surface area contributed by atoms with Crippen molar-refractivity contribution in [3.05, 3.63) is 54.3 Å². The standard InChI is InChI=1S/C33H43N5O8/c1-20(9-12-29-21(2)15-28(23(4)44-29)35-30(40)13-10-22(3)43-24(5)39)8-11-25-17-33(19-42-33)18-26(45-25)16-31(41)46-38-32-27(36-37-38)7-6-14-34-32/h6-11,13-14,21-23,25-26,28-29H,12,15-19H2,1-5H3,(H,35,40)/b11-8+,13-10?,20-9+/t21-,22?,23+,25+,26+,28+,29-,33+/m0/s1. The number of rotatable bonds is 11. The summed E-state index contributed by atoms with van der Waals surface area (Å²) in [4.78, 5) is 46.8. The Morgan fingerprint density at radius 1 is 1.20 bits per heavy atom. The molecular formula is C33H43N5O8. The van der Waals surface area contributed by atoms with E-state index in [1.807, 2.05) is 26.0 Å². The lowest BCUT2D eigenvalue weighted by atomic mass is 9.88. The van der Waals surface area contributed by atoms with Crippen molar-refractivity contribution >= 4 is 29.0 Å². The molecule has 0 aliphatic carbocycles. The van der Waals surface area contributed by atoms with E-state index in [4.69, 9.17) is 23.8 Å². The highest BCUT2D eigenvalue weighted by Crippen LogP contribution is 2.43. The van der Waals surface area contributed by atoms with Gasteiger partial charge in [0.2, 0.25) is 11.6 Å². The Kier molecular flexibility index (Phi) is 10.6. The molecule has 5 rings (SSSR count). The molecule has 13 nitrogen and oxygen atoms in total. The average molecular weight is 638 g/mol. The summed E-state index contributed by atoms with van der Waals surface area (Å²) in [6, 6.07) is 3.36. The zero-order valence-corrected chi connectivity index (χ0v) is 27.0. The molecule has 2 aromatic heterocycles. The second-order valence-electron chi connectivity index (χ2n) is 12.6.